The molecule has 1 fully saturated rings. The van der Waals surface area contributed by atoms with Gasteiger partial charge in [-0.15, -0.1) is 12.4 Å². The van der Waals surface area contributed by atoms with E-state index in [-0.39, 0.29) is 18.3 Å². The fourth-order valence-electron chi connectivity index (χ4n) is 3.22. The Hall–Kier alpha value is -1.58. The second-order valence-corrected chi connectivity index (χ2v) is 6.17. The largest absolute Gasteiger partial charge is 0.343 e. The lowest BCUT2D eigenvalue weighted by Crippen LogP contribution is -2.44. The number of hydrogen-bond donors (Lipinski definition) is 1. The highest BCUT2D eigenvalue weighted by molar-refractivity contribution is 5.85. The number of carbonyl (C=O) groups excluding carboxylic acids is 1. The van der Waals surface area contributed by atoms with Crippen LogP contribution in [0.15, 0.2) is 42.5 Å². The van der Waals surface area contributed by atoms with Gasteiger partial charge in [-0.25, -0.2) is 0 Å². The zero-order chi connectivity index (χ0) is 15.4. The molecule has 124 valence electrons. The summed E-state index contributed by atoms with van der Waals surface area (Å²) in [5.41, 5.74) is 1.24. The Morgan fingerprint density at radius 1 is 1.13 bits per heavy atom. The van der Waals surface area contributed by atoms with E-state index in [9.17, 15) is 4.79 Å². The summed E-state index contributed by atoms with van der Waals surface area (Å²) in [6.45, 7) is 2.04. The van der Waals surface area contributed by atoms with Crippen LogP contribution in [-0.4, -0.2) is 37.0 Å². The Morgan fingerprint density at radius 2 is 1.83 bits per heavy atom. The number of carbonyl (C=O) groups is 1. The predicted molar refractivity (Wildman–Crippen MR) is 98.2 cm³/mol. The number of amides is 1. The summed E-state index contributed by atoms with van der Waals surface area (Å²) >= 11 is 0. The van der Waals surface area contributed by atoms with E-state index in [2.05, 4.69) is 47.8 Å². The van der Waals surface area contributed by atoms with Crippen LogP contribution in [0.1, 0.15) is 24.8 Å². The van der Waals surface area contributed by atoms with Gasteiger partial charge in [0.25, 0.3) is 0 Å². The van der Waals surface area contributed by atoms with Gasteiger partial charge in [-0.3, -0.25) is 4.79 Å². The topological polar surface area (TPSA) is 32.3 Å². The van der Waals surface area contributed by atoms with E-state index in [1.165, 1.54) is 16.3 Å². The molecule has 0 atom stereocenters. The van der Waals surface area contributed by atoms with Gasteiger partial charge in [0, 0.05) is 19.5 Å². The van der Waals surface area contributed by atoms with Crippen molar-refractivity contribution in [3.63, 3.8) is 0 Å². The molecule has 0 unspecified atom stereocenters. The number of rotatable bonds is 4. The smallest absolute Gasteiger partial charge is 0.222 e. The van der Waals surface area contributed by atoms with E-state index in [1.807, 2.05) is 11.9 Å². The minimum absolute atomic E-state index is 0. The summed E-state index contributed by atoms with van der Waals surface area (Å²) in [5, 5.41) is 5.85. The third-order valence-electron chi connectivity index (χ3n) is 4.69. The van der Waals surface area contributed by atoms with Gasteiger partial charge in [0.15, 0.2) is 0 Å². The lowest BCUT2D eigenvalue weighted by atomic mass is 10.0. The maximum Gasteiger partial charge on any atom is 0.222 e. The molecule has 0 radical (unpaired) electrons. The lowest BCUT2D eigenvalue weighted by molar-refractivity contribution is -0.132. The van der Waals surface area contributed by atoms with Gasteiger partial charge < -0.3 is 10.2 Å². The number of nitrogens with one attached hydrogen (secondary N) is 1. The number of nitrogens with zero attached hydrogens (tertiary/aromatic N) is 1. The van der Waals surface area contributed by atoms with Crippen molar-refractivity contribution in [3.05, 3.63) is 48.0 Å². The molecule has 23 heavy (non-hydrogen) atoms. The lowest BCUT2D eigenvalue weighted by Gasteiger charge is -2.31. The van der Waals surface area contributed by atoms with E-state index < -0.39 is 0 Å². The first-order valence-corrected chi connectivity index (χ1v) is 8.18. The summed E-state index contributed by atoms with van der Waals surface area (Å²) in [5.74, 6) is 0.264. The molecular formula is C19H25ClN2O. The molecule has 1 heterocycles. The van der Waals surface area contributed by atoms with E-state index in [4.69, 9.17) is 0 Å². The fourth-order valence-corrected chi connectivity index (χ4v) is 3.22. The van der Waals surface area contributed by atoms with Crippen LogP contribution in [0.2, 0.25) is 0 Å². The van der Waals surface area contributed by atoms with Crippen LogP contribution in [-0.2, 0) is 11.2 Å². The molecule has 2 aromatic rings. The zero-order valence-electron chi connectivity index (χ0n) is 13.6. The van der Waals surface area contributed by atoms with Crippen molar-refractivity contribution in [2.45, 2.75) is 31.7 Å². The van der Waals surface area contributed by atoms with E-state index in [0.717, 1.165) is 32.4 Å². The minimum Gasteiger partial charge on any atom is -0.343 e. The van der Waals surface area contributed by atoms with E-state index in [0.29, 0.717) is 12.5 Å². The summed E-state index contributed by atoms with van der Waals surface area (Å²) in [6.07, 6.45) is 3.55. The molecule has 0 bridgehead atoms. The second kappa shape index (κ2) is 8.32. The predicted octanol–water partition coefficient (Wildman–Crippen LogP) is 3.40. The second-order valence-electron chi connectivity index (χ2n) is 6.17. The Bertz CT molecular complexity index is 653. The number of hydrogen-bond acceptors (Lipinski definition) is 2. The highest BCUT2D eigenvalue weighted by Crippen LogP contribution is 2.17. The van der Waals surface area contributed by atoms with Crippen molar-refractivity contribution in [1.82, 2.24) is 10.2 Å². The molecule has 2 aromatic carbocycles. The average molecular weight is 333 g/mol. The molecule has 1 aliphatic rings. The molecule has 0 aliphatic carbocycles. The van der Waals surface area contributed by atoms with Crippen molar-refractivity contribution in [2.75, 3.05) is 20.1 Å². The maximum atomic E-state index is 12.4. The third kappa shape index (κ3) is 4.46. The van der Waals surface area contributed by atoms with Gasteiger partial charge in [-0.1, -0.05) is 42.5 Å². The number of fused-ring (bicyclic) bond motifs is 1. The highest BCUT2D eigenvalue weighted by Gasteiger charge is 2.21. The molecule has 3 nitrogen and oxygen atoms in total. The Kier molecular flexibility index (Phi) is 6.43. The average Bonchev–Trinajstić information content (AvgIpc) is 2.59. The molecule has 1 aliphatic heterocycles. The quantitative estimate of drug-likeness (QED) is 0.930. The third-order valence-corrected chi connectivity index (χ3v) is 4.69. The van der Waals surface area contributed by atoms with Crippen LogP contribution >= 0.6 is 12.4 Å². The number of benzene rings is 2. The van der Waals surface area contributed by atoms with Crippen LogP contribution in [0.4, 0.5) is 0 Å². The van der Waals surface area contributed by atoms with Gasteiger partial charge in [-0.2, -0.15) is 0 Å². The zero-order valence-corrected chi connectivity index (χ0v) is 14.4. The van der Waals surface area contributed by atoms with E-state index in [1.54, 1.807) is 0 Å². The van der Waals surface area contributed by atoms with Gasteiger partial charge in [0.2, 0.25) is 5.91 Å². The summed E-state index contributed by atoms with van der Waals surface area (Å²) in [7, 11) is 1.96. The Morgan fingerprint density at radius 3 is 2.57 bits per heavy atom. The van der Waals surface area contributed by atoms with Crippen molar-refractivity contribution >= 4 is 29.1 Å². The van der Waals surface area contributed by atoms with Gasteiger partial charge in [-0.05, 0) is 48.7 Å². The number of piperidine rings is 1. The van der Waals surface area contributed by atoms with Crippen molar-refractivity contribution in [1.29, 1.82) is 0 Å². The fraction of sp³-hybridized carbons (Fsp3) is 0.421. The first-order chi connectivity index (χ1) is 10.7. The molecule has 0 aromatic heterocycles. The van der Waals surface area contributed by atoms with Gasteiger partial charge in [0.1, 0.15) is 0 Å². The normalized spacial score (nSPS) is 15.2. The van der Waals surface area contributed by atoms with Crippen LogP contribution in [0.25, 0.3) is 10.8 Å². The maximum absolute atomic E-state index is 12.4. The van der Waals surface area contributed by atoms with Crippen LogP contribution in [0.5, 0.6) is 0 Å². The van der Waals surface area contributed by atoms with Gasteiger partial charge >= 0.3 is 0 Å². The van der Waals surface area contributed by atoms with Gasteiger partial charge in [0.05, 0.1) is 0 Å². The molecule has 3 rings (SSSR count). The molecule has 0 saturated carbocycles. The Balaban J connectivity index is 0.00000192. The van der Waals surface area contributed by atoms with Crippen molar-refractivity contribution < 1.29 is 4.79 Å². The van der Waals surface area contributed by atoms with Crippen LogP contribution in [0, 0.1) is 0 Å². The molecule has 4 heteroatoms. The van der Waals surface area contributed by atoms with E-state index >= 15 is 0 Å². The number of halogens is 1. The Labute approximate surface area is 144 Å². The highest BCUT2D eigenvalue weighted by atomic mass is 35.5. The number of aryl methyl sites for hydroxylation is 1. The molecular weight excluding hydrogens is 308 g/mol. The molecule has 1 amide bonds. The molecule has 1 saturated heterocycles. The molecule has 1 N–H and O–H groups in total. The van der Waals surface area contributed by atoms with Crippen molar-refractivity contribution in [3.8, 4) is 0 Å². The van der Waals surface area contributed by atoms with Crippen LogP contribution in [0.3, 0.4) is 0 Å². The minimum atomic E-state index is 0. The summed E-state index contributed by atoms with van der Waals surface area (Å²) in [4.78, 5) is 14.3. The summed E-state index contributed by atoms with van der Waals surface area (Å²) < 4.78 is 0. The first-order valence-electron chi connectivity index (χ1n) is 8.18. The summed E-state index contributed by atoms with van der Waals surface area (Å²) in [6, 6.07) is 15.3. The SMILES string of the molecule is CN(C(=O)CCc1ccc2ccccc2c1)C1CCNCC1.Cl. The first kappa shape index (κ1) is 17.8. The standard InChI is InChI=1S/C19H24N2O.ClH/c1-21(18-10-12-20-13-11-18)19(22)9-7-15-6-8-16-4-2-3-5-17(16)14-15;/h2-6,8,14,18,20H,7,9-13H2,1H3;1H. The monoisotopic (exact) mass is 332 g/mol. The van der Waals surface area contributed by atoms with Crippen LogP contribution < -0.4 is 5.32 Å². The van der Waals surface area contributed by atoms with Crippen molar-refractivity contribution in [2.24, 2.45) is 0 Å². The molecule has 0 spiro atoms.